The summed E-state index contributed by atoms with van der Waals surface area (Å²) in [5.41, 5.74) is 1.25. The maximum absolute atomic E-state index is 10.1. The fourth-order valence-electron chi connectivity index (χ4n) is 8.36. The van der Waals surface area contributed by atoms with Crippen LogP contribution >= 0.6 is 0 Å². The van der Waals surface area contributed by atoms with E-state index in [0.29, 0.717) is 5.56 Å². The van der Waals surface area contributed by atoms with E-state index in [1.807, 2.05) is 121 Å². The zero-order chi connectivity index (χ0) is 54.7. The van der Waals surface area contributed by atoms with Gasteiger partial charge in [0, 0.05) is 17.1 Å². The SMILES string of the molecule is [2H]c1c([2H])c([2H])c(-c2c([2H])c([2H])c(-c3c([2H])c([2H])c(N(c4ccc5c(c4)C(c4ccccc4)(c4ccccc4)c4ccccc4-5)c4c([2H])c([2H])c([2H])c(-c5ccc6ccccc6c5)c4[2H])c([2H])c3[2H])c([2H])c2[2H])c([2H])c1[2H]. The van der Waals surface area contributed by atoms with Crippen LogP contribution in [0.5, 0.6) is 0 Å². The van der Waals surface area contributed by atoms with Crippen LogP contribution in [-0.4, -0.2) is 0 Å². The molecular weight excluding hydrogens is 723 g/mol. The van der Waals surface area contributed by atoms with Crippen molar-refractivity contribution in [2.45, 2.75) is 5.41 Å². The number of anilines is 3. The lowest BCUT2D eigenvalue weighted by molar-refractivity contribution is 0.768. The highest BCUT2D eigenvalue weighted by Gasteiger charge is 2.46. The van der Waals surface area contributed by atoms with Gasteiger partial charge in [0.1, 0.15) is 0 Å². The molecule has 0 fully saturated rings. The number of nitrogens with zero attached hydrogens (tertiary/aromatic N) is 1. The van der Waals surface area contributed by atoms with Crippen molar-refractivity contribution in [3.63, 3.8) is 0 Å². The van der Waals surface area contributed by atoms with Crippen molar-refractivity contribution in [2.24, 2.45) is 0 Å². The van der Waals surface area contributed by atoms with Crippen LogP contribution in [0.2, 0.25) is 0 Å². The van der Waals surface area contributed by atoms with Crippen LogP contribution in [0.25, 0.3) is 55.3 Å². The topological polar surface area (TPSA) is 3.24 Å². The van der Waals surface area contributed by atoms with Gasteiger partial charge in [0.25, 0.3) is 0 Å². The van der Waals surface area contributed by atoms with Crippen LogP contribution in [0, 0.1) is 0 Å². The van der Waals surface area contributed by atoms with Gasteiger partial charge in [-0.2, -0.15) is 0 Å². The van der Waals surface area contributed by atoms with Crippen molar-refractivity contribution in [3.8, 4) is 44.5 Å². The first-order chi connectivity index (χ1) is 36.8. The number of fused-ring (bicyclic) bond motifs is 4. The smallest absolute Gasteiger partial charge is 0.0714 e. The van der Waals surface area contributed by atoms with Crippen molar-refractivity contribution >= 4 is 27.8 Å². The summed E-state index contributed by atoms with van der Waals surface area (Å²) in [4.78, 5) is 1.23. The number of hydrogen-bond donors (Lipinski definition) is 0. The third kappa shape index (κ3) is 6.03. The van der Waals surface area contributed by atoms with Gasteiger partial charge in [0.05, 0.1) is 28.7 Å². The highest BCUT2D eigenvalue weighted by Crippen LogP contribution is 2.57. The molecule has 1 heteroatoms. The minimum absolute atomic E-state index is 0.0389. The molecule has 282 valence electrons. The van der Waals surface area contributed by atoms with Gasteiger partial charge in [-0.3, -0.25) is 0 Å². The molecule has 0 amide bonds. The van der Waals surface area contributed by atoms with Crippen LogP contribution in [0.4, 0.5) is 17.1 Å². The van der Waals surface area contributed by atoms with Gasteiger partial charge in [-0.15, -0.1) is 0 Å². The highest BCUT2D eigenvalue weighted by molar-refractivity contribution is 5.91. The molecule has 1 nitrogen and oxygen atoms in total. The maximum atomic E-state index is 10.1. The lowest BCUT2D eigenvalue weighted by Gasteiger charge is -2.35. The van der Waals surface area contributed by atoms with E-state index >= 15 is 0 Å². The highest BCUT2D eigenvalue weighted by atomic mass is 15.1. The average Bonchev–Trinajstić information content (AvgIpc) is 4.04. The van der Waals surface area contributed by atoms with Crippen molar-refractivity contribution < 1.29 is 23.3 Å². The summed E-state index contributed by atoms with van der Waals surface area (Å²) < 4.78 is 156. The average molecular weight is 781 g/mol. The van der Waals surface area contributed by atoms with Crippen LogP contribution in [0.1, 0.15) is 45.6 Å². The second kappa shape index (κ2) is 14.9. The first kappa shape index (κ1) is 21.9. The van der Waals surface area contributed by atoms with Gasteiger partial charge in [-0.1, -0.05) is 206 Å². The van der Waals surface area contributed by atoms with E-state index in [1.165, 1.54) is 4.90 Å². The molecule has 0 saturated carbocycles. The largest absolute Gasteiger partial charge is 0.310 e. The summed E-state index contributed by atoms with van der Waals surface area (Å²) in [6, 6.07) is 33.1. The summed E-state index contributed by atoms with van der Waals surface area (Å²) in [5.74, 6) is 0. The molecule has 0 aliphatic heterocycles. The summed E-state index contributed by atoms with van der Waals surface area (Å²) in [6.07, 6.45) is 0. The molecule has 0 N–H and O–H groups in total. The van der Waals surface area contributed by atoms with E-state index in [9.17, 15) is 13.7 Å². The Bertz CT molecular complexity index is 4020. The van der Waals surface area contributed by atoms with E-state index in [2.05, 4.69) is 6.07 Å². The fourth-order valence-corrected chi connectivity index (χ4v) is 8.36. The standard InChI is InChI=1S/C59H41N/c1-4-15-42(16-5-1)44-27-29-45(30-28-44)46-33-35-52(36-34-46)60(53-24-14-19-48(40-53)49-32-31-43-17-10-11-18-47(43)39-49)54-37-38-56-55-25-12-13-26-57(55)59(58(56)41-54,50-20-6-2-7-21-50)51-22-8-3-9-23-51/h1-41H/i1D,4D,5D,14D,15D,16D,19D,24D,27D,28D,29D,30D,33D,34D,35D,36D,40D. The quantitative estimate of drug-likeness (QED) is 0.148. The van der Waals surface area contributed by atoms with Crippen LogP contribution in [0.15, 0.2) is 248 Å². The van der Waals surface area contributed by atoms with Gasteiger partial charge in [0.15, 0.2) is 0 Å². The van der Waals surface area contributed by atoms with Gasteiger partial charge in [-0.25, -0.2) is 0 Å². The van der Waals surface area contributed by atoms with Crippen LogP contribution in [-0.2, 0) is 5.41 Å². The lowest BCUT2D eigenvalue weighted by Crippen LogP contribution is -2.28. The Morgan fingerprint density at radius 3 is 1.60 bits per heavy atom. The van der Waals surface area contributed by atoms with Crippen molar-refractivity contribution in [3.05, 3.63) is 271 Å². The van der Waals surface area contributed by atoms with E-state index < -0.39 is 136 Å². The van der Waals surface area contributed by atoms with E-state index in [4.69, 9.17) is 9.60 Å². The lowest BCUT2D eigenvalue weighted by atomic mass is 9.67. The molecule has 0 heterocycles. The van der Waals surface area contributed by atoms with Crippen LogP contribution in [0.3, 0.4) is 0 Å². The second-order valence-electron chi connectivity index (χ2n) is 14.4. The van der Waals surface area contributed by atoms with Gasteiger partial charge in [0.2, 0.25) is 0 Å². The molecule has 10 aromatic rings. The van der Waals surface area contributed by atoms with E-state index in [0.717, 1.165) is 44.2 Å². The Morgan fingerprint density at radius 1 is 0.333 bits per heavy atom. The zero-order valence-corrected chi connectivity index (χ0v) is 31.8. The molecule has 1 aliphatic rings. The molecule has 60 heavy (non-hydrogen) atoms. The zero-order valence-electron chi connectivity index (χ0n) is 48.8. The maximum Gasteiger partial charge on any atom is 0.0714 e. The summed E-state index contributed by atoms with van der Waals surface area (Å²) >= 11 is 0. The third-order valence-corrected chi connectivity index (χ3v) is 11.0. The number of benzene rings is 10. The Balaban J connectivity index is 1.22. The molecule has 10 aromatic carbocycles. The molecule has 0 bridgehead atoms. The van der Waals surface area contributed by atoms with Crippen molar-refractivity contribution in [1.29, 1.82) is 0 Å². The Labute approximate surface area is 376 Å². The number of rotatable bonds is 8. The predicted octanol–water partition coefficient (Wildman–Crippen LogP) is 15.7. The van der Waals surface area contributed by atoms with Crippen molar-refractivity contribution in [2.75, 3.05) is 4.90 Å². The molecular formula is C59H41N. The normalized spacial score (nSPS) is 16.4. The molecule has 0 radical (unpaired) electrons. The molecule has 0 atom stereocenters. The van der Waals surface area contributed by atoms with E-state index in [1.54, 1.807) is 18.2 Å². The summed E-state index contributed by atoms with van der Waals surface area (Å²) in [7, 11) is 0. The van der Waals surface area contributed by atoms with Gasteiger partial charge < -0.3 is 4.90 Å². The molecule has 0 spiro atoms. The van der Waals surface area contributed by atoms with E-state index in [-0.39, 0.29) is 16.9 Å². The monoisotopic (exact) mass is 780 g/mol. The third-order valence-electron chi connectivity index (χ3n) is 11.0. The molecule has 1 aliphatic carbocycles. The van der Waals surface area contributed by atoms with Gasteiger partial charge in [-0.05, 0) is 120 Å². The van der Waals surface area contributed by atoms with Crippen LogP contribution < -0.4 is 4.90 Å². The first-order valence-corrected chi connectivity index (χ1v) is 19.4. The van der Waals surface area contributed by atoms with Crippen molar-refractivity contribution in [1.82, 2.24) is 0 Å². The molecule has 0 saturated heterocycles. The number of hydrogen-bond acceptors (Lipinski definition) is 1. The minimum atomic E-state index is -1.01. The Kier molecular flexibility index (Phi) is 5.42. The first-order valence-electron chi connectivity index (χ1n) is 27.9. The minimum Gasteiger partial charge on any atom is -0.310 e. The Hall–Kier alpha value is -7.74. The molecule has 11 rings (SSSR count). The molecule has 0 aromatic heterocycles. The summed E-state index contributed by atoms with van der Waals surface area (Å²) in [5, 5.41) is 1.64. The fraction of sp³-hybridized carbons (Fsp3) is 0.0169. The second-order valence-corrected chi connectivity index (χ2v) is 14.4. The summed E-state index contributed by atoms with van der Waals surface area (Å²) in [6.45, 7) is 0. The Morgan fingerprint density at radius 2 is 0.900 bits per heavy atom. The molecule has 0 unspecified atom stereocenters. The predicted molar refractivity (Wildman–Crippen MR) is 252 cm³/mol. The van der Waals surface area contributed by atoms with Gasteiger partial charge >= 0.3 is 0 Å².